The van der Waals surface area contributed by atoms with Gasteiger partial charge in [-0.2, -0.15) is 5.26 Å². The number of hydrogen-bond acceptors (Lipinski definition) is 4. The lowest BCUT2D eigenvalue weighted by molar-refractivity contribution is -0.136. The second-order valence-electron chi connectivity index (χ2n) is 3.58. The van der Waals surface area contributed by atoms with E-state index in [4.69, 9.17) is 10.4 Å². The van der Waals surface area contributed by atoms with Crippen molar-refractivity contribution in [2.75, 3.05) is 0 Å². The van der Waals surface area contributed by atoms with Crippen molar-refractivity contribution in [2.45, 2.75) is 36.5 Å². The van der Waals surface area contributed by atoms with Crippen molar-refractivity contribution in [3.05, 3.63) is 23.9 Å². The van der Waals surface area contributed by atoms with Gasteiger partial charge in [0.05, 0.1) is 16.7 Å². The lowest BCUT2D eigenvalue weighted by Gasteiger charge is -2.10. The smallest absolute Gasteiger partial charge is 0.317 e. The van der Waals surface area contributed by atoms with E-state index in [9.17, 15) is 4.79 Å². The molecule has 1 N–H and O–H groups in total. The van der Waals surface area contributed by atoms with Crippen LogP contribution >= 0.6 is 11.8 Å². The van der Waals surface area contributed by atoms with E-state index in [1.165, 1.54) is 18.0 Å². The van der Waals surface area contributed by atoms with E-state index in [1.807, 2.05) is 13.0 Å². The average molecular weight is 250 g/mol. The summed E-state index contributed by atoms with van der Waals surface area (Å²) in [5, 5.41) is 17.9. The largest absolute Gasteiger partial charge is 0.480 e. The number of thioether (sulfide) groups is 1. The number of carboxylic acids is 1. The van der Waals surface area contributed by atoms with Crippen LogP contribution in [0.15, 0.2) is 23.4 Å². The lowest BCUT2D eigenvalue weighted by Crippen LogP contribution is -2.16. The van der Waals surface area contributed by atoms with Crippen molar-refractivity contribution in [3.63, 3.8) is 0 Å². The summed E-state index contributed by atoms with van der Waals surface area (Å²) in [7, 11) is 0. The molecule has 0 amide bonds. The molecule has 0 spiro atoms. The third-order valence-corrected chi connectivity index (χ3v) is 3.41. The molecule has 5 heteroatoms. The fourth-order valence-electron chi connectivity index (χ4n) is 1.31. The zero-order valence-electron chi connectivity index (χ0n) is 9.59. The average Bonchev–Trinajstić information content (AvgIpc) is 2.34. The lowest BCUT2D eigenvalue weighted by atomic mass is 10.2. The van der Waals surface area contributed by atoms with Crippen LogP contribution in [0.5, 0.6) is 0 Å². The number of pyridine rings is 1. The first-order valence-corrected chi connectivity index (χ1v) is 6.31. The first-order valence-electron chi connectivity index (χ1n) is 5.43. The Balaban J connectivity index is 2.72. The van der Waals surface area contributed by atoms with Gasteiger partial charge in [-0.15, -0.1) is 0 Å². The monoisotopic (exact) mass is 250 g/mol. The summed E-state index contributed by atoms with van der Waals surface area (Å²) in [6.07, 6.45) is 3.99. The zero-order chi connectivity index (χ0) is 12.7. The number of aromatic nitrogens is 1. The first kappa shape index (κ1) is 13.5. The van der Waals surface area contributed by atoms with Crippen LogP contribution in [0.2, 0.25) is 0 Å². The molecule has 1 aromatic rings. The summed E-state index contributed by atoms with van der Waals surface area (Å²) in [5.41, 5.74) is 0.502. The van der Waals surface area contributed by atoms with E-state index >= 15 is 0 Å². The van der Waals surface area contributed by atoms with E-state index < -0.39 is 11.2 Å². The summed E-state index contributed by atoms with van der Waals surface area (Å²) in [4.78, 5) is 15.1. The number of aliphatic carboxylic acids is 1. The molecule has 0 bridgehead atoms. The highest BCUT2D eigenvalue weighted by atomic mass is 32.2. The maximum atomic E-state index is 11.1. The Labute approximate surface area is 105 Å². The number of nitriles is 1. The van der Waals surface area contributed by atoms with Gasteiger partial charge < -0.3 is 5.11 Å². The van der Waals surface area contributed by atoms with Crippen LogP contribution in [-0.4, -0.2) is 21.3 Å². The molecule has 17 heavy (non-hydrogen) atoms. The fourth-order valence-corrected chi connectivity index (χ4v) is 2.31. The highest BCUT2D eigenvalue weighted by molar-refractivity contribution is 8.00. The van der Waals surface area contributed by atoms with Gasteiger partial charge in [0.15, 0.2) is 0 Å². The molecule has 0 aliphatic carbocycles. The Kier molecular flexibility index (Phi) is 5.50. The van der Waals surface area contributed by atoms with Crippen LogP contribution in [0, 0.1) is 11.3 Å². The minimum Gasteiger partial charge on any atom is -0.480 e. The van der Waals surface area contributed by atoms with Gasteiger partial charge in [-0.25, -0.2) is 4.98 Å². The minimum absolute atomic E-state index is 0.489. The molecular formula is C12H14N2O2S. The minimum atomic E-state index is -0.826. The van der Waals surface area contributed by atoms with Crippen LogP contribution in [0.4, 0.5) is 0 Å². The van der Waals surface area contributed by atoms with Gasteiger partial charge in [0.25, 0.3) is 0 Å². The molecule has 0 aromatic carbocycles. The Morgan fingerprint density at radius 3 is 3.06 bits per heavy atom. The fraction of sp³-hybridized carbons (Fsp3) is 0.417. The van der Waals surface area contributed by atoms with Crippen molar-refractivity contribution in [1.82, 2.24) is 4.98 Å². The van der Waals surface area contributed by atoms with E-state index in [0.29, 0.717) is 17.0 Å². The van der Waals surface area contributed by atoms with Crippen molar-refractivity contribution in [1.29, 1.82) is 5.26 Å². The summed E-state index contributed by atoms with van der Waals surface area (Å²) < 4.78 is 0. The van der Waals surface area contributed by atoms with Crippen LogP contribution in [0.3, 0.4) is 0 Å². The summed E-state index contributed by atoms with van der Waals surface area (Å²) in [6, 6.07) is 5.23. The highest BCUT2D eigenvalue weighted by Gasteiger charge is 2.18. The predicted molar refractivity (Wildman–Crippen MR) is 65.8 cm³/mol. The highest BCUT2D eigenvalue weighted by Crippen LogP contribution is 2.25. The molecule has 4 nitrogen and oxygen atoms in total. The van der Waals surface area contributed by atoms with Gasteiger partial charge in [-0.05, 0) is 18.6 Å². The van der Waals surface area contributed by atoms with Gasteiger partial charge in [0, 0.05) is 6.20 Å². The van der Waals surface area contributed by atoms with E-state index in [1.54, 1.807) is 12.1 Å². The van der Waals surface area contributed by atoms with Gasteiger partial charge in [-0.3, -0.25) is 4.79 Å². The zero-order valence-corrected chi connectivity index (χ0v) is 10.4. The van der Waals surface area contributed by atoms with Gasteiger partial charge in [0.1, 0.15) is 5.25 Å². The standard InChI is InChI=1S/C12H14N2O2S/c1-2-3-4-10(12(15)16)17-11-7-9(8-13)5-6-14-11/h5-7,10H,2-4H2,1H3,(H,15,16). The van der Waals surface area contributed by atoms with E-state index in [-0.39, 0.29) is 0 Å². The van der Waals surface area contributed by atoms with Crippen LogP contribution in [0.25, 0.3) is 0 Å². The molecule has 1 rings (SSSR count). The molecule has 1 atom stereocenters. The van der Waals surface area contributed by atoms with E-state index in [0.717, 1.165) is 12.8 Å². The second-order valence-corrected chi connectivity index (χ2v) is 4.80. The molecule has 0 aliphatic heterocycles. The molecule has 1 aromatic heterocycles. The first-order chi connectivity index (χ1) is 8.17. The Bertz CT molecular complexity index is 429. The molecule has 1 heterocycles. The SMILES string of the molecule is CCCCC(Sc1cc(C#N)ccn1)C(=O)O. The van der Waals surface area contributed by atoms with Crippen molar-refractivity contribution >= 4 is 17.7 Å². The molecule has 0 radical (unpaired) electrons. The predicted octanol–water partition coefficient (Wildman–Crippen LogP) is 2.69. The second kappa shape index (κ2) is 6.92. The summed E-state index contributed by atoms with van der Waals surface area (Å²) in [5.74, 6) is -0.826. The van der Waals surface area contributed by atoms with E-state index in [2.05, 4.69) is 4.98 Å². The number of carbonyl (C=O) groups is 1. The maximum absolute atomic E-state index is 11.1. The topological polar surface area (TPSA) is 74.0 Å². The van der Waals surface area contributed by atoms with Gasteiger partial charge in [-0.1, -0.05) is 31.5 Å². The van der Waals surface area contributed by atoms with Crippen molar-refractivity contribution < 1.29 is 9.90 Å². The Morgan fingerprint density at radius 1 is 1.71 bits per heavy atom. The Hall–Kier alpha value is -1.54. The maximum Gasteiger partial charge on any atom is 0.317 e. The van der Waals surface area contributed by atoms with Gasteiger partial charge in [0.2, 0.25) is 0 Å². The summed E-state index contributed by atoms with van der Waals surface area (Å²) in [6.45, 7) is 2.03. The number of carboxylic acid groups (broad SMARTS) is 1. The number of nitrogens with zero attached hydrogens (tertiary/aromatic N) is 2. The van der Waals surface area contributed by atoms with Gasteiger partial charge >= 0.3 is 5.97 Å². The van der Waals surface area contributed by atoms with Crippen molar-refractivity contribution in [3.8, 4) is 6.07 Å². The molecule has 0 saturated heterocycles. The molecule has 0 saturated carbocycles. The molecule has 0 fully saturated rings. The Morgan fingerprint density at radius 2 is 2.47 bits per heavy atom. The van der Waals surface area contributed by atoms with Crippen LogP contribution in [-0.2, 0) is 4.79 Å². The third kappa shape index (κ3) is 4.45. The molecule has 90 valence electrons. The molecular weight excluding hydrogens is 236 g/mol. The third-order valence-electron chi connectivity index (χ3n) is 2.22. The molecule has 1 unspecified atom stereocenters. The normalized spacial score (nSPS) is 11.8. The summed E-state index contributed by atoms with van der Waals surface area (Å²) >= 11 is 1.20. The number of rotatable bonds is 6. The van der Waals surface area contributed by atoms with Crippen LogP contribution < -0.4 is 0 Å². The number of hydrogen-bond donors (Lipinski definition) is 1. The van der Waals surface area contributed by atoms with Crippen molar-refractivity contribution in [2.24, 2.45) is 0 Å². The molecule has 0 aliphatic rings. The number of unbranched alkanes of at least 4 members (excludes halogenated alkanes) is 1. The quantitative estimate of drug-likeness (QED) is 0.786. The van der Waals surface area contributed by atoms with Crippen LogP contribution in [0.1, 0.15) is 31.7 Å².